The van der Waals surface area contributed by atoms with E-state index in [1.165, 1.54) is 17.7 Å². The normalized spacial score (nSPS) is 18.1. The van der Waals surface area contributed by atoms with E-state index in [2.05, 4.69) is 0 Å². The summed E-state index contributed by atoms with van der Waals surface area (Å²) >= 11 is 0. The number of benzene rings is 2. The van der Waals surface area contributed by atoms with E-state index in [9.17, 15) is 14.3 Å². The Labute approximate surface area is 130 Å². The van der Waals surface area contributed by atoms with Crippen LogP contribution in [0.1, 0.15) is 12.0 Å². The lowest BCUT2D eigenvalue weighted by Crippen LogP contribution is -2.28. The van der Waals surface area contributed by atoms with Crippen molar-refractivity contribution in [1.82, 2.24) is 0 Å². The van der Waals surface area contributed by atoms with Gasteiger partial charge in [0, 0.05) is 17.0 Å². The Hall–Kier alpha value is -2.21. The highest BCUT2D eigenvalue weighted by Gasteiger charge is 2.22. The second-order valence-electron chi connectivity index (χ2n) is 5.15. The second kappa shape index (κ2) is 6.27. The van der Waals surface area contributed by atoms with Crippen molar-refractivity contribution in [3.8, 4) is 5.75 Å². The van der Waals surface area contributed by atoms with Gasteiger partial charge in [-0.3, -0.25) is 14.3 Å². The molecule has 0 N–H and O–H groups in total. The van der Waals surface area contributed by atoms with Gasteiger partial charge in [0.05, 0.1) is 21.5 Å². The molecule has 2 atom stereocenters. The molecule has 1 heterocycles. The van der Waals surface area contributed by atoms with E-state index in [1.54, 1.807) is 12.1 Å². The van der Waals surface area contributed by atoms with Gasteiger partial charge in [-0.15, -0.1) is 0 Å². The van der Waals surface area contributed by atoms with E-state index in [-0.39, 0.29) is 11.8 Å². The molecule has 0 bridgehead atoms. The summed E-state index contributed by atoms with van der Waals surface area (Å²) in [4.78, 5) is 10.8. The molecule has 0 fully saturated rings. The van der Waals surface area contributed by atoms with Crippen molar-refractivity contribution < 1.29 is 13.9 Å². The van der Waals surface area contributed by atoms with Crippen LogP contribution >= 0.6 is 0 Å². The van der Waals surface area contributed by atoms with Crippen LogP contribution in [0.15, 0.2) is 53.4 Å². The van der Waals surface area contributed by atoms with Crippen LogP contribution in [0.4, 0.5) is 5.69 Å². The summed E-state index contributed by atoms with van der Waals surface area (Å²) in [6, 6.07) is 13.7. The molecule has 22 heavy (non-hydrogen) atoms. The Morgan fingerprint density at radius 1 is 1.18 bits per heavy atom. The summed E-state index contributed by atoms with van der Waals surface area (Å²) in [5, 5.41) is 10.6. The standard InChI is InChI=1S/C16H15NO4S/c18-17(19)13-6-9-15(10-7-13)22(20)11-14-8-5-12-3-1-2-4-16(12)21-14/h1-4,6-7,9-10,14H,5,8,11H2/t14-,22-/m1/s1. The number of nitrogens with zero attached hydrogens (tertiary/aromatic N) is 1. The first-order valence-corrected chi connectivity index (χ1v) is 8.33. The van der Waals surface area contributed by atoms with Crippen molar-refractivity contribution in [2.75, 3.05) is 5.75 Å². The van der Waals surface area contributed by atoms with Crippen LogP contribution in [0.5, 0.6) is 5.75 Å². The first-order chi connectivity index (χ1) is 10.6. The maximum absolute atomic E-state index is 12.4. The van der Waals surface area contributed by atoms with Crippen LogP contribution in [-0.2, 0) is 17.2 Å². The molecule has 2 aromatic rings. The van der Waals surface area contributed by atoms with E-state index in [0.29, 0.717) is 10.6 Å². The van der Waals surface area contributed by atoms with Crippen molar-refractivity contribution in [1.29, 1.82) is 0 Å². The monoisotopic (exact) mass is 317 g/mol. The molecule has 6 heteroatoms. The topological polar surface area (TPSA) is 69.4 Å². The summed E-state index contributed by atoms with van der Waals surface area (Å²) in [6.07, 6.45) is 1.65. The maximum atomic E-state index is 12.4. The quantitative estimate of drug-likeness (QED) is 0.642. The molecule has 114 valence electrons. The van der Waals surface area contributed by atoms with Crippen LogP contribution in [0.3, 0.4) is 0 Å². The van der Waals surface area contributed by atoms with Gasteiger partial charge in [-0.05, 0) is 36.6 Å². The number of hydrogen-bond donors (Lipinski definition) is 0. The largest absolute Gasteiger partial charge is 0.489 e. The molecule has 1 aliphatic rings. The summed E-state index contributed by atoms with van der Waals surface area (Å²) in [5.41, 5.74) is 1.18. The predicted molar refractivity (Wildman–Crippen MR) is 83.6 cm³/mol. The molecule has 0 saturated carbocycles. The van der Waals surface area contributed by atoms with Gasteiger partial charge in [0.25, 0.3) is 5.69 Å². The van der Waals surface area contributed by atoms with Crippen molar-refractivity contribution >= 4 is 16.5 Å². The van der Waals surface area contributed by atoms with Crippen LogP contribution in [0, 0.1) is 10.1 Å². The maximum Gasteiger partial charge on any atom is 0.269 e. The number of non-ortho nitro benzene ring substituents is 1. The SMILES string of the molecule is O=[N+]([O-])c1ccc([S@](=O)C[C@H]2CCc3ccccc3O2)cc1. The molecular weight excluding hydrogens is 302 g/mol. The number of fused-ring (bicyclic) bond motifs is 1. The zero-order chi connectivity index (χ0) is 15.5. The zero-order valence-electron chi connectivity index (χ0n) is 11.8. The fourth-order valence-corrected chi connectivity index (χ4v) is 3.69. The molecule has 1 aliphatic heterocycles. The molecular formula is C16H15NO4S. The summed E-state index contributed by atoms with van der Waals surface area (Å²) in [6.45, 7) is 0. The molecule has 0 aliphatic carbocycles. The Bertz CT molecular complexity index is 714. The number of para-hydroxylation sites is 1. The lowest BCUT2D eigenvalue weighted by Gasteiger charge is -2.25. The molecule has 0 radical (unpaired) electrons. The van der Waals surface area contributed by atoms with Gasteiger partial charge in [0.2, 0.25) is 0 Å². The molecule has 0 amide bonds. The van der Waals surface area contributed by atoms with Crippen LogP contribution in [-0.4, -0.2) is 21.0 Å². The highest BCUT2D eigenvalue weighted by atomic mass is 32.2. The van der Waals surface area contributed by atoms with Crippen LogP contribution < -0.4 is 4.74 Å². The van der Waals surface area contributed by atoms with Crippen molar-refractivity contribution in [2.24, 2.45) is 0 Å². The number of nitro benzene ring substituents is 1. The van der Waals surface area contributed by atoms with Crippen LogP contribution in [0.2, 0.25) is 0 Å². The van der Waals surface area contributed by atoms with Gasteiger partial charge >= 0.3 is 0 Å². The molecule has 3 rings (SSSR count). The van der Waals surface area contributed by atoms with Gasteiger partial charge in [-0.1, -0.05) is 18.2 Å². The van der Waals surface area contributed by atoms with E-state index in [1.807, 2.05) is 24.3 Å². The third-order valence-electron chi connectivity index (χ3n) is 3.65. The molecule has 0 aromatic heterocycles. The fourth-order valence-electron chi connectivity index (χ4n) is 2.48. The van der Waals surface area contributed by atoms with Crippen molar-refractivity contribution in [3.63, 3.8) is 0 Å². The Morgan fingerprint density at radius 3 is 2.64 bits per heavy atom. The Kier molecular flexibility index (Phi) is 4.20. The average molecular weight is 317 g/mol. The van der Waals surface area contributed by atoms with Gasteiger partial charge < -0.3 is 4.74 Å². The lowest BCUT2D eigenvalue weighted by molar-refractivity contribution is -0.384. The minimum atomic E-state index is -1.23. The first-order valence-electron chi connectivity index (χ1n) is 7.01. The third-order valence-corrected chi connectivity index (χ3v) is 5.12. The van der Waals surface area contributed by atoms with Gasteiger partial charge in [0.15, 0.2) is 0 Å². The van der Waals surface area contributed by atoms with Crippen LogP contribution in [0.25, 0.3) is 0 Å². The smallest absolute Gasteiger partial charge is 0.269 e. The van der Waals surface area contributed by atoms with E-state index in [0.717, 1.165) is 18.6 Å². The van der Waals surface area contributed by atoms with E-state index < -0.39 is 15.7 Å². The number of aryl methyl sites for hydroxylation is 1. The first kappa shape index (κ1) is 14.7. The summed E-state index contributed by atoms with van der Waals surface area (Å²) in [7, 11) is -1.23. The van der Waals surface area contributed by atoms with Crippen molar-refractivity contribution in [2.45, 2.75) is 23.8 Å². The predicted octanol–water partition coefficient (Wildman–Crippen LogP) is 3.10. The number of hydrogen-bond acceptors (Lipinski definition) is 4. The minimum Gasteiger partial charge on any atom is -0.489 e. The molecule has 2 aromatic carbocycles. The summed E-state index contributed by atoms with van der Waals surface area (Å²) in [5.74, 6) is 1.26. The molecule has 5 nitrogen and oxygen atoms in total. The lowest BCUT2D eigenvalue weighted by atomic mass is 10.0. The van der Waals surface area contributed by atoms with Crippen molar-refractivity contribution in [3.05, 3.63) is 64.2 Å². The van der Waals surface area contributed by atoms with E-state index in [4.69, 9.17) is 4.74 Å². The second-order valence-corrected chi connectivity index (χ2v) is 6.65. The molecule has 0 spiro atoms. The number of rotatable bonds is 4. The molecule has 0 unspecified atom stereocenters. The van der Waals surface area contributed by atoms with Gasteiger partial charge in [-0.25, -0.2) is 0 Å². The highest BCUT2D eigenvalue weighted by molar-refractivity contribution is 7.85. The number of ether oxygens (including phenoxy) is 1. The van der Waals surface area contributed by atoms with Gasteiger partial charge in [0.1, 0.15) is 11.9 Å². The van der Waals surface area contributed by atoms with Gasteiger partial charge in [-0.2, -0.15) is 0 Å². The Balaban J connectivity index is 1.66. The number of nitro groups is 1. The third kappa shape index (κ3) is 3.17. The zero-order valence-corrected chi connectivity index (χ0v) is 12.6. The van der Waals surface area contributed by atoms with E-state index >= 15 is 0 Å². The average Bonchev–Trinajstić information content (AvgIpc) is 2.55. The molecule has 0 saturated heterocycles. The Morgan fingerprint density at radius 2 is 1.91 bits per heavy atom. The minimum absolute atomic E-state index is 0.00333. The summed E-state index contributed by atoms with van der Waals surface area (Å²) < 4.78 is 18.3. The highest BCUT2D eigenvalue weighted by Crippen LogP contribution is 2.28. The fraction of sp³-hybridized carbons (Fsp3) is 0.250.